The van der Waals surface area contributed by atoms with E-state index in [2.05, 4.69) is 78.3 Å². The third-order valence-electron chi connectivity index (χ3n) is 5.65. The number of hydrogen-bond donors (Lipinski definition) is 1. The quantitative estimate of drug-likeness (QED) is 0.269. The van der Waals surface area contributed by atoms with Crippen molar-refractivity contribution < 1.29 is 4.43 Å². The molecule has 0 radical (unpaired) electrons. The van der Waals surface area contributed by atoms with Gasteiger partial charge in [0.05, 0.1) is 23.6 Å². The van der Waals surface area contributed by atoms with Gasteiger partial charge in [0, 0.05) is 28.9 Å². The number of aromatic nitrogens is 4. The molecule has 1 atom stereocenters. The Morgan fingerprint density at radius 3 is 2.67 bits per heavy atom. The average molecular weight is 460 g/mol. The Morgan fingerprint density at radius 2 is 1.94 bits per heavy atom. The minimum absolute atomic E-state index is 0.122. The highest BCUT2D eigenvalue weighted by Crippen LogP contribution is 2.34. The molecule has 0 saturated carbocycles. The first-order chi connectivity index (χ1) is 15.6. The number of nitrogen functional groups attached to an aromatic ring is 1. The number of anilines is 1. The second-order valence-corrected chi connectivity index (χ2v) is 14.6. The number of para-hydroxylation sites is 1. The van der Waals surface area contributed by atoms with Crippen LogP contribution in [0.2, 0.25) is 19.1 Å². The van der Waals surface area contributed by atoms with E-state index in [-0.39, 0.29) is 11.5 Å². The zero-order chi connectivity index (χ0) is 23.8. The largest absolute Gasteiger partial charge is 0.409 e. The van der Waals surface area contributed by atoms with Gasteiger partial charge in [-0.25, -0.2) is 9.97 Å². The minimum Gasteiger partial charge on any atom is -0.409 e. The van der Waals surface area contributed by atoms with Gasteiger partial charge in [-0.15, -0.1) is 6.58 Å². The highest BCUT2D eigenvalue weighted by atomic mass is 28.4. The van der Waals surface area contributed by atoms with E-state index in [4.69, 9.17) is 10.2 Å². The number of hydrogen-bond acceptors (Lipinski definition) is 5. The molecule has 172 valence electrons. The smallest absolute Gasteiger partial charge is 0.188 e. The number of pyridine rings is 1. The molecule has 0 saturated heterocycles. The van der Waals surface area contributed by atoms with Crippen LogP contribution < -0.4 is 5.73 Å². The first kappa shape index (κ1) is 23.1. The van der Waals surface area contributed by atoms with Crippen molar-refractivity contribution in [2.24, 2.45) is 5.41 Å². The van der Waals surface area contributed by atoms with E-state index in [1.807, 2.05) is 30.5 Å². The van der Waals surface area contributed by atoms with Gasteiger partial charge in [0.25, 0.3) is 0 Å². The molecule has 2 N–H and O–H groups in total. The summed E-state index contributed by atoms with van der Waals surface area (Å²) in [6.45, 7) is 16.0. The molecule has 4 aromatic rings. The molecular weight excluding hydrogens is 426 g/mol. The summed E-state index contributed by atoms with van der Waals surface area (Å²) in [6, 6.07) is 11.3. The summed E-state index contributed by atoms with van der Waals surface area (Å²) in [6.07, 6.45) is 7.25. The summed E-state index contributed by atoms with van der Waals surface area (Å²) in [7, 11) is -1.89. The van der Waals surface area contributed by atoms with Crippen molar-refractivity contribution in [3.05, 3.63) is 61.7 Å². The van der Waals surface area contributed by atoms with Gasteiger partial charge < -0.3 is 14.7 Å². The van der Waals surface area contributed by atoms with Crippen LogP contribution in [0.25, 0.3) is 33.1 Å². The molecule has 3 heterocycles. The predicted octanol–water partition coefficient (Wildman–Crippen LogP) is 6.05. The summed E-state index contributed by atoms with van der Waals surface area (Å²) in [5, 5.41) is 1.91. The highest BCUT2D eigenvalue weighted by molar-refractivity contribution is 6.71. The van der Waals surface area contributed by atoms with Gasteiger partial charge in [-0.1, -0.05) is 45.0 Å². The van der Waals surface area contributed by atoms with Gasteiger partial charge >= 0.3 is 0 Å². The molecule has 3 aromatic heterocycles. The van der Waals surface area contributed by atoms with Crippen LogP contribution in [0.4, 0.5) is 5.82 Å². The van der Waals surface area contributed by atoms with Gasteiger partial charge in [0.2, 0.25) is 0 Å². The molecule has 0 aliphatic rings. The van der Waals surface area contributed by atoms with Crippen molar-refractivity contribution in [3.8, 4) is 11.1 Å². The lowest BCUT2D eigenvalue weighted by Crippen LogP contribution is -2.39. The van der Waals surface area contributed by atoms with Crippen molar-refractivity contribution in [2.75, 3.05) is 5.73 Å². The second-order valence-electron chi connectivity index (χ2n) is 10.5. The Balaban J connectivity index is 1.73. The average Bonchev–Trinajstić information content (AvgIpc) is 3.10. The number of rotatable bonds is 7. The van der Waals surface area contributed by atoms with Crippen LogP contribution in [0.1, 0.15) is 20.8 Å². The lowest BCUT2D eigenvalue weighted by molar-refractivity contribution is 0.211. The normalized spacial score (nSPS) is 13.5. The van der Waals surface area contributed by atoms with E-state index < -0.39 is 8.32 Å². The maximum Gasteiger partial charge on any atom is 0.188 e. The first-order valence-electron chi connectivity index (χ1n) is 11.3. The molecule has 0 bridgehead atoms. The Morgan fingerprint density at radius 1 is 1.18 bits per heavy atom. The van der Waals surface area contributed by atoms with E-state index in [1.165, 1.54) is 6.33 Å². The summed E-state index contributed by atoms with van der Waals surface area (Å²) in [5.74, 6) is 0.459. The summed E-state index contributed by atoms with van der Waals surface area (Å²) < 4.78 is 8.73. The van der Waals surface area contributed by atoms with Gasteiger partial charge in [-0.05, 0) is 36.7 Å². The molecule has 0 aliphatic heterocycles. The molecule has 0 spiro atoms. The van der Waals surface area contributed by atoms with E-state index in [1.54, 1.807) is 0 Å². The predicted molar refractivity (Wildman–Crippen MR) is 139 cm³/mol. The molecule has 1 unspecified atom stereocenters. The van der Waals surface area contributed by atoms with Crippen molar-refractivity contribution in [2.45, 2.75) is 52.6 Å². The molecule has 0 fully saturated rings. The topological polar surface area (TPSA) is 78.9 Å². The zero-order valence-electron chi connectivity index (χ0n) is 20.2. The van der Waals surface area contributed by atoms with Crippen LogP contribution in [0.15, 0.2) is 61.7 Å². The fourth-order valence-corrected chi connectivity index (χ4v) is 8.43. The van der Waals surface area contributed by atoms with Crippen LogP contribution in [-0.2, 0) is 11.0 Å². The maximum atomic E-state index is 6.63. The van der Waals surface area contributed by atoms with Crippen LogP contribution in [0.3, 0.4) is 0 Å². The Bertz CT molecular complexity index is 1310. The minimum atomic E-state index is -1.89. The molecule has 4 rings (SSSR count). The van der Waals surface area contributed by atoms with Crippen molar-refractivity contribution in [3.63, 3.8) is 0 Å². The number of nitrogens with zero attached hydrogens (tertiary/aromatic N) is 4. The lowest BCUT2D eigenvalue weighted by atomic mass is 10.0. The second kappa shape index (κ2) is 8.72. The third kappa shape index (κ3) is 5.15. The fourth-order valence-electron chi connectivity index (χ4n) is 4.81. The molecular formula is C26H33N5OSi. The molecule has 0 aliphatic carbocycles. The zero-order valence-corrected chi connectivity index (χ0v) is 21.2. The first-order valence-corrected chi connectivity index (χ1v) is 14.4. The number of nitrogens with two attached hydrogens (primary N) is 1. The van der Waals surface area contributed by atoms with E-state index in [9.17, 15) is 0 Å². The van der Waals surface area contributed by atoms with Crippen molar-refractivity contribution >= 4 is 36.1 Å². The Labute approximate surface area is 196 Å². The third-order valence-corrected chi connectivity index (χ3v) is 8.50. The summed E-state index contributed by atoms with van der Waals surface area (Å²) in [4.78, 5) is 13.5. The summed E-state index contributed by atoms with van der Waals surface area (Å²) >= 11 is 0. The van der Waals surface area contributed by atoms with Crippen LogP contribution in [-0.4, -0.2) is 33.9 Å². The highest BCUT2D eigenvalue weighted by Gasteiger charge is 2.31. The maximum absolute atomic E-state index is 6.63. The van der Waals surface area contributed by atoms with Gasteiger partial charge in [-0.3, -0.25) is 4.98 Å². The Kier molecular flexibility index (Phi) is 6.11. The van der Waals surface area contributed by atoms with Gasteiger partial charge in [0.1, 0.15) is 17.8 Å². The van der Waals surface area contributed by atoms with Crippen LogP contribution >= 0.6 is 0 Å². The molecule has 33 heavy (non-hydrogen) atoms. The van der Waals surface area contributed by atoms with Crippen LogP contribution in [0, 0.1) is 5.41 Å². The lowest BCUT2D eigenvalue weighted by Gasteiger charge is -2.33. The Hall–Kier alpha value is -3.03. The SMILES string of the molecule is C=CC(Cn1cc(-c2cnc3ccccc3c2)c2c(N)ncnc21)O[Si](C)(C)CC(C)(C)C. The number of benzene rings is 1. The van der Waals surface area contributed by atoms with E-state index in [0.717, 1.165) is 39.1 Å². The van der Waals surface area contributed by atoms with E-state index in [0.29, 0.717) is 12.4 Å². The molecule has 0 amide bonds. The number of fused-ring (bicyclic) bond motifs is 2. The molecule has 1 aromatic carbocycles. The molecule has 7 heteroatoms. The standard InChI is InChI=1S/C26H33N5OSi/c1-7-20(32-33(5,6)16-26(2,3)4)14-31-15-21(23-24(27)29-17-30-25(23)31)19-12-18-10-8-9-11-22(18)28-13-19/h7-13,15,17,20H,1,14,16H2,2-6H3,(H2,27,29,30). The van der Waals surface area contributed by atoms with Gasteiger partial charge in [-0.2, -0.15) is 0 Å². The van der Waals surface area contributed by atoms with Crippen LogP contribution in [0.5, 0.6) is 0 Å². The fraction of sp³-hybridized carbons (Fsp3) is 0.346. The van der Waals surface area contributed by atoms with E-state index >= 15 is 0 Å². The van der Waals surface area contributed by atoms with Gasteiger partial charge in [0.15, 0.2) is 8.32 Å². The molecule has 6 nitrogen and oxygen atoms in total. The van der Waals surface area contributed by atoms with Crippen molar-refractivity contribution in [1.29, 1.82) is 0 Å². The van der Waals surface area contributed by atoms with Crippen molar-refractivity contribution in [1.82, 2.24) is 19.5 Å². The summed E-state index contributed by atoms with van der Waals surface area (Å²) in [5.41, 5.74) is 10.2. The monoisotopic (exact) mass is 459 g/mol.